The van der Waals surface area contributed by atoms with Crippen molar-refractivity contribution in [2.24, 2.45) is 0 Å². The van der Waals surface area contributed by atoms with Crippen molar-refractivity contribution in [3.8, 4) is 0 Å². The van der Waals surface area contributed by atoms with Crippen molar-refractivity contribution in [2.45, 2.75) is 12.6 Å². The molecule has 1 aromatic carbocycles. The first-order chi connectivity index (χ1) is 8.25. The van der Waals surface area contributed by atoms with Gasteiger partial charge in [-0.05, 0) is 35.0 Å². The molecule has 90 valence electrons. The average molecular weight is 247 g/mol. The van der Waals surface area contributed by atoms with Crippen LogP contribution in [0.2, 0.25) is 0 Å². The molecule has 2 rings (SSSR count). The normalized spacial score (nSPS) is 12.9. The molecule has 0 radical (unpaired) electrons. The minimum Gasteiger partial charge on any atom is -0.387 e. The summed E-state index contributed by atoms with van der Waals surface area (Å²) in [6.45, 7) is 1.52. The van der Waals surface area contributed by atoms with E-state index < -0.39 is 6.10 Å². The second-order valence-electron chi connectivity index (χ2n) is 4.25. The van der Waals surface area contributed by atoms with Gasteiger partial charge in [-0.3, -0.25) is 4.90 Å². The van der Waals surface area contributed by atoms with Crippen molar-refractivity contribution in [3.63, 3.8) is 0 Å². The van der Waals surface area contributed by atoms with E-state index in [-0.39, 0.29) is 0 Å². The molecule has 0 aliphatic heterocycles. The SMILES string of the molecule is CN(Cc1ccccc1)CC(O)c1ccsc1. The fourth-order valence-electron chi connectivity index (χ4n) is 1.82. The molecule has 0 saturated carbocycles. The number of aliphatic hydroxyl groups is 1. The molecule has 0 fully saturated rings. The first kappa shape index (κ1) is 12.3. The van der Waals surface area contributed by atoms with Gasteiger partial charge >= 0.3 is 0 Å². The summed E-state index contributed by atoms with van der Waals surface area (Å²) in [7, 11) is 2.03. The summed E-state index contributed by atoms with van der Waals surface area (Å²) >= 11 is 1.62. The van der Waals surface area contributed by atoms with Gasteiger partial charge in [-0.2, -0.15) is 11.3 Å². The monoisotopic (exact) mass is 247 g/mol. The van der Waals surface area contributed by atoms with Gasteiger partial charge in [0.2, 0.25) is 0 Å². The Bertz CT molecular complexity index is 427. The Morgan fingerprint density at radius 3 is 2.65 bits per heavy atom. The molecule has 1 heterocycles. The molecule has 2 aromatic rings. The van der Waals surface area contributed by atoms with Gasteiger partial charge in [0.15, 0.2) is 0 Å². The zero-order valence-electron chi connectivity index (χ0n) is 9.91. The van der Waals surface area contributed by atoms with Crippen molar-refractivity contribution in [3.05, 3.63) is 58.3 Å². The van der Waals surface area contributed by atoms with Crippen LogP contribution in [-0.4, -0.2) is 23.6 Å². The Morgan fingerprint density at radius 1 is 1.24 bits per heavy atom. The quantitative estimate of drug-likeness (QED) is 0.878. The van der Waals surface area contributed by atoms with Crippen LogP contribution in [0.3, 0.4) is 0 Å². The van der Waals surface area contributed by atoms with E-state index in [0.29, 0.717) is 6.54 Å². The lowest BCUT2D eigenvalue weighted by atomic mass is 10.1. The molecule has 0 aliphatic rings. The van der Waals surface area contributed by atoms with Gasteiger partial charge in [0.05, 0.1) is 6.10 Å². The second kappa shape index (κ2) is 5.96. The molecular formula is C14H17NOS. The van der Waals surface area contributed by atoms with Crippen LogP contribution in [0.15, 0.2) is 47.2 Å². The van der Waals surface area contributed by atoms with Crippen LogP contribution < -0.4 is 0 Å². The zero-order valence-corrected chi connectivity index (χ0v) is 10.7. The van der Waals surface area contributed by atoms with E-state index in [2.05, 4.69) is 17.0 Å². The number of rotatable bonds is 5. The van der Waals surface area contributed by atoms with Gasteiger partial charge in [-0.1, -0.05) is 30.3 Å². The first-order valence-electron chi connectivity index (χ1n) is 5.68. The van der Waals surface area contributed by atoms with Crippen LogP contribution in [0, 0.1) is 0 Å². The van der Waals surface area contributed by atoms with Gasteiger partial charge in [-0.25, -0.2) is 0 Å². The Balaban J connectivity index is 1.87. The fraction of sp³-hybridized carbons (Fsp3) is 0.286. The van der Waals surface area contributed by atoms with Gasteiger partial charge in [-0.15, -0.1) is 0 Å². The summed E-state index contributed by atoms with van der Waals surface area (Å²) in [5.74, 6) is 0. The highest BCUT2D eigenvalue weighted by Crippen LogP contribution is 2.17. The third kappa shape index (κ3) is 3.66. The highest BCUT2D eigenvalue weighted by molar-refractivity contribution is 7.07. The zero-order chi connectivity index (χ0) is 12.1. The van der Waals surface area contributed by atoms with Crippen LogP contribution in [0.5, 0.6) is 0 Å². The molecule has 0 bridgehead atoms. The van der Waals surface area contributed by atoms with Crippen molar-refractivity contribution in [1.29, 1.82) is 0 Å². The van der Waals surface area contributed by atoms with Crippen LogP contribution in [0.1, 0.15) is 17.2 Å². The molecule has 0 spiro atoms. The van der Waals surface area contributed by atoms with Crippen LogP contribution >= 0.6 is 11.3 Å². The van der Waals surface area contributed by atoms with Crippen molar-refractivity contribution >= 4 is 11.3 Å². The molecule has 2 nitrogen and oxygen atoms in total. The van der Waals surface area contributed by atoms with Crippen molar-refractivity contribution in [1.82, 2.24) is 4.90 Å². The summed E-state index contributed by atoms with van der Waals surface area (Å²) in [5.41, 5.74) is 2.28. The van der Waals surface area contributed by atoms with E-state index in [4.69, 9.17) is 0 Å². The minimum absolute atomic E-state index is 0.394. The second-order valence-corrected chi connectivity index (χ2v) is 5.03. The standard InChI is InChI=1S/C14H17NOS/c1-15(9-12-5-3-2-4-6-12)10-14(16)13-7-8-17-11-13/h2-8,11,14,16H,9-10H2,1H3. The average Bonchev–Trinajstić information content (AvgIpc) is 2.83. The topological polar surface area (TPSA) is 23.5 Å². The summed E-state index contributed by atoms with van der Waals surface area (Å²) in [4.78, 5) is 2.14. The molecule has 0 amide bonds. The van der Waals surface area contributed by atoms with E-state index in [9.17, 15) is 5.11 Å². The Labute approximate surface area is 106 Å². The molecule has 3 heteroatoms. The van der Waals surface area contributed by atoms with Gasteiger partial charge in [0.1, 0.15) is 0 Å². The molecule has 1 unspecified atom stereocenters. The van der Waals surface area contributed by atoms with E-state index >= 15 is 0 Å². The predicted octanol–water partition coefficient (Wildman–Crippen LogP) is 2.91. The molecule has 1 N–H and O–H groups in total. The molecular weight excluding hydrogens is 230 g/mol. The number of likely N-dealkylation sites (N-methyl/N-ethyl adjacent to an activating group) is 1. The number of hydrogen-bond donors (Lipinski definition) is 1. The van der Waals surface area contributed by atoms with Gasteiger partial charge in [0, 0.05) is 13.1 Å². The van der Waals surface area contributed by atoms with Crippen molar-refractivity contribution < 1.29 is 5.11 Å². The molecule has 0 aliphatic carbocycles. The summed E-state index contributed by atoms with van der Waals surface area (Å²) in [5, 5.41) is 14.0. The highest BCUT2D eigenvalue weighted by Gasteiger charge is 2.10. The van der Waals surface area contributed by atoms with Crippen LogP contribution in [-0.2, 0) is 6.54 Å². The Kier molecular flexibility index (Phi) is 4.31. The fourth-order valence-corrected chi connectivity index (χ4v) is 2.53. The molecule has 0 saturated heterocycles. The third-order valence-electron chi connectivity index (χ3n) is 2.71. The maximum Gasteiger partial charge on any atom is 0.0924 e. The van der Waals surface area contributed by atoms with Crippen LogP contribution in [0.25, 0.3) is 0 Å². The lowest BCUT2D eigenvalue weighted by Gasteiger charge is -2.20. The lowest BCUT2D eigenvalue weighted by Crippen LogP contribution is -2.23. The summed E-state index contributed by atoms with van der Waals surface area (Å²) in [6, 6.07) is 12.3. The van der Waals surface area contributed by atoms with E-state index in [0.717, 1.165) is 12.1 Å². The summed E-state index contributed by atoms with van der Waals surface area (Å²) in [6.07, 6.45) is -0.394. The third-order valence-corrected chi connectivity index (χ3v) is 3.41. The number of benzene rings is 1. The van der Waals surface area contributed by atoms with Crippen molar-refractivity contribution in [2.75, 3.05) is 13.6 Å². The van der Waals surface area contributed by atoms with Gasteiger partial charge < -0.3 is 5.11 Å². The number of hydrogen-bond acceptors (Lipinski definition) is 3. The van der Waals surface area contributed by atoms with E-state index in [1.807, 2.05) is 42.1 Å². The number of aliphatic hydroxyl groups excluding tert-OH is 1. The summed E-state index contributed by atoms with van der Waals surface area (Å²) < 4.78 is 0. The smallest absolute Gasteiger partial charge is 0.0924 e. The van der Waals surface area contributed by atoms with Gasteiger partial charge in [0.25, 0.3) is 0 Å². The molecule has 17 heavy (non-hydrogen) atoms. The molecule has 1 aromatic heterocycles. The number of thiophene rings is 1. The van der Waals surface area contributed by atoms with E-state index in [1.165, 1.54) is 5.56 Å². The maximum absolute atomic E-state index is 10.0. The Morgan fingerprint density at radius 2 is 2.00 bits per heavy atom. The lowest BCUT2D eigenvalue weighted by molar-refractivity contribution is 0.124. The number of nitrogens with zero attached hydrogens (tertiary/aromatic N) is 1. The minimum atomic E-state index is -0.394. The highest BCUT2D eigenvalue weighted by atomic mass is 32.1. The molecule has 1 atom stereocenters. The van der Waals surface area contributed by atoms with Crippen LogP contribution in [0.4, 0.5) is 0 Å². The maximum atomic E-state index is 10.0. The largest absolute Gasteiger partial charge is 0.387 e. The predicted molar refractivity (Wildman–Crippen MR) is 72.1 cm³/mol. The van der Waals surface area contributed by atoms with E-state index in [1.54, 1.807) is 11.3 Å². The first-order valence-corrected chi connectivity index (χ1v) is 6.62. The Hall–Kier alpha value is -1.16.